The summed E-state index contributed by atoms with van der Waals surface area (Å²) in [5.74, 6) is -1.08. The van der Waals surface area contributed by atoms with Crippen LogP contribution in [0.15, 0.2) is 0 Å². The Balaban J connectivity index is -0.0000000575. The van der Waals surface area contributed by atoms with Crippen LogP contribution in [-0.4, -0.2) is 14.3 Å². The predicted octanol–water partition coefficient (Wildman–Crippen LogP) is -5.06. The first-order valence-electron chi connectivity index (χ1n) is 1.72. The SMILES string of the molecule is CC(=O)[O-].[2H]O[2H].[Na+]. The molecule has 0 fully saturated rings. The Morgan fingerprint density at radius 1 is 2.17 bits per heavy atom. The molecule has 0 amide bonds. The molecule has 0 radical (unpaired) electrons. The first-order chi connectivity index (χ1) is 3.15. The van der Waals surface area contributed by atoms with Crippen LogP contribution in [0.25, 0.3) is 0 Å². The van der Waals surface area contributed by atoms with Gasteiger partial charge in [-0.2, -0.15) is 0 Å². The average Bonchev–Trinajstić information content (AvgIpc) is 1.33. The van der Waals surface area contributed by atoms with E-state index in [2.05, 4.69) is 5.48 Å². The molecular formula is C2H5NaO3. The van der Waals surface area contributed by atoms with Crippen molar-refractivity contribution in [1.82, 2.24) is 0 Å². The molecule has 0 bridgehead atoms. The second kappa shape index (κ2) is 9.06. The molecule has 0 aliphatic rings. The summed E-state index contributed by atoms with van der Waals surface area (Å²) < 4.78 is 10.8. The molecule has 0 heterocycles. The van der Waals surface area contributed by atoms with Crippen LogP contribution in [0.2, 0.25) is 0 Å². The zero-order valence-electron chi connectivity index (χ0n) is 5.72. The summed E-state index contributed by atoms with van der Waals surface area (Å²) >= 11 is 0. The number of carbonyl (C=O) groups is 1. The van der Waals surface area contributed by atoms with Crippen molar-refractivity contribution in [2.24, 2.45) is 0 Å². The molecule has 6 heavy (non-hydrogen) atoms. The van der Waals surface area contributed by atoms with Crippen LogP contribution in [0.1, 0.15) is 6.92 Å². The minimum atomic E-state index is -1.08. The molecule has 0 aromatic heterocycles. The van der Waals surface area contributed by atoms with Gasteiger partial charge in [0.25, 0.3) is 0 Å². The van der Waals surface area contributed by atoms with E-state index in [1.54, 1.807) is 0 Å². The van der Waals surface area contributed by atoms with Crippen LogP contribution in [0.5, 0.6) is 0 Å². The van der Waals surface area contributed by atoms with Crippen molar-refractivity contribution in [2.45, 2.75) is 6.92 Å². The van der Waals surface area contributed by atoms with E-state index >= 15 is 0 Å². The third-order valence-electron chi connectivity index (χ3n) is 0. The standard InChI is InChI=1S/C2H4O2.Na.H2O/c1-2(3)4;;/h1H3,(H,3,4);;1H2/q;+1;/p-1/i/hD2. The quantitative estimate of drug-likeness (QED) is 0.287. The minimum absolute atomic E-state index is 0. The maximum absolute atomic E-state index is 8.89. The van der Waals surface area contributed by atoms with Gasteiger partial charge >= 0.3 is 29.6 Å². The Labute approximate surface area is 60.9 Å². The van der Waals surface area contributed by atoms with Crippen molar-refractivity contribution in [3.8, 4) is 0 Å². The van der Waals surface area contributed by atoms with Gasteiger partial charge in [0.2, 0.25) is 2.86 Å². The van der Waals surface area contributed by atoms with Crippen molar-refractivity contribution >= 4 is 5.97 Å². The number of carboxylic acid groups (broad SMARTS) is 1. The van der Waals surface area contributed by atoms with E-state index in [0.29, 0.717) is 0 Å². The number of hydrogen-bond acceptors (Lipinski definition) is 2. The van der Waals surface area contributed by atoms with Crippen LogP contribution in [0, 0.1) is 0 Å². The molecule has 4 heteroatoms. The molecule has 0 saturated carbocycles. The summed E-state index contributed by atoms with van der Waals surface area (Å²) in [7, 11) is 0. The summed E-state index contributed by atoms with van der Waals surface area (Å²) in [6, 6.07) is 0. The van der Waals surface area contributed by atoms with Crippen molar-refractivity contribution < 1.29 is 44.9 Å². The van der Waals surface area contributed by atoms with E-state index in [0.717, 1.165) is 6.92 Å². The number of carboxylic acids is 1. The Bertz CT molecular complexity index is 46.5. The average molecular weight is 102 g/mol. The van der Waals surface area contributed by atoms with Crippen molar-refractivity contribution in [3.05, 3.63) is 0 Å². The molecule has 0 spiro atoms. The smallest absolute Gasteiger partial charge is 0.550 e. The predicted molar refractivity (Wildman–Crippen MR) is 14.3 cm³/mol. The molecule has 0 unspecified atom stereocenters. The van der Waals surface area contributed by atoms with Gasteiger partial charge in [-0.15, -0.1) is 0 Å². The fraction of sp³-hybridized carbons (Fsp3) is 0.500. The van der Waals surface area contributed by atoms with E-state index in [9.17, 15) is 0 Å². The van der Waals surface area contributed by atoms with Crippen molar-refractivity contribution in [3.63, 3.8) is 0 Å². The summed E-state index contributed by atoms with van der Waals surface area (Å²) in [6.45, 7) is 0.972. The van der Waals surface area contributed by atoms with E-state index in [4.69, 9.17) is 12.8 Å². The summed E-state index contributed by atoms with van der Waals surface area (Å²) in [4.78, 5) is 8.89. The summed E-state index contributed by atoms with van der Waals surface area (Å²) in [6.07, 6.45) is 0. The van der Waals surface area contributed by atoms with E-state index < -0.39 is 5.97 Å². The Hall–Kier alpha value is 0.430. The van der Waals surface area contributed by atoms with Gasteiger partial charge < -0.3 is 15.4 Å². The van der Waals surface area contributed by atoms with Crippen molar-refractivity contribution in [2.75, 3.05) is 0 Å². The maximum Gasteiger partial charge on any atom is 1.00 e. The molecule has 0 saturated heterocycles. The molecule has 0 rings (SSSR count). The number of carbonyl (C=O) groups excluding carboxylic acids is 1. The van der Waals surface area contributed by atoms with Gasteiger partial charge in [-0.05, 0) is 6.92 Å². The maximum atomic E-state index is 8.89. The second-order valence-corrected chi connectivity index (χ2v) is 0.492. The van der Waals surface area contributed by atoms with Gasteiger partial charge in [-0.3, -0.25) is 0 Å². The Kier molecular flexibility index (Phi) is 9.71. The summed E-state index contributed by atoms with van der Waals surface area (Å²) in [5, 5.41) is 8.89. The molecule has 3 nitrogen and oxygen atoms in total. The second-order valence-electron chi connectivity index (χ2n) is 0.492. The number of rotatable bonds is 0. The number of aliphatic carboxylic acids is 1. The normalized spacial score (nSPS) is 7.50. The first kappa shape index (κ1) is 6.43. The Morgan fingerprint density at radius 2 is 2.17 bits per heavy atom. The van der Waals surface area contributed by atoms with Crippen molar-refractivity contribution in [1.29, 1.82) is 2.86 Å². The zero-order valence-corrected chi connectivity index (χ0v) is 5.72. The third kappa shape index (κ3) is 282. The van der Waals surface area contributed by atoms with Crippen LogP contribution in [-0.2, 0) is 4.79 Å². The van der Waals surface area contributed by atoms with Gasteiger partial charge in [-0.1, -0.05) is 0 Å². The molecule has 0 aliphatic heterocycles. The van der Waals surface area contributed by atoms with E-state index in [1.807, 2.05) is 0 Å². The zero-order chi connectivity index (χ0) is 6.28. The van der Waals surface area contributed by atoms with Gasteiger partial charge in [0.15, 0.2) is 0 Å². The van der Waals surface area contributed by atoms with Gasteiger partial charge in [0, 0.05) is 5.97 Å². The van der Waals surface area contributed by atoms with Crippen LogP contribution >= 0.6 is 0 Å². The van der Waals surface area contributed by atoms with E-state index in [1.165, 1.54) is 0 Å². The van der Waals surface area contributed by atoms with Gasteiger partial charge in [-0.25, -0.2) is 0 Å². The van der Waals surface area contributed by atoms with Crippen LogP contribution in [0.4, 0.5) is 0 Å². The van der Waals surface area contributed by atoms with Crippen LogP contribution < -0.4 is 34.7 Å². The monoisotopic (exact) mass is 102 g/mol. The topological polar surface area (TPSA) is 71.6 Å². The molecule has 2 N–H and O–H groups in total. The fourth-order valence-corrected chi connectivity index (χ4v) is 0. The molecule has 0 aliphatic carbocycles. The fourth-order valence-electron chi connectivity index (χ4n) is 0. The first-order valence-corrected chi connectivity index (χ1v) is 0.908. The third-order valence-corrected chi connectivity index (χ3v) is 0. The molecule has 32 valence electrons. The minimum Gasteiger partial charge on any atom is -0.550 e. The molecule has 0 aromatic carbocycles. The molecule has 0 atom stereocenters. The number of hydrogen-bond donors (Lipinski definition) is 0. The molecular weight excluding hydrogens is 95.0 g/mol. The van der Waals surface area contributed by atoms with Crippen LogP contribution in [0.3, 0.4) is 0 Å². The largest absolute Gasteiger partial charge is 1.00 e. The Morgan fingerprint density at radius 3 is 2.17 bits per heavy atom. The molecule has 0 aromatic rings. The van der Waals surface area contributed by atoms with Gasteiger partial charge in [0.05, 0.1) is 0 Å². The van der Waals surface area contributed by atoms with E-state index in [-0.39, 0.29) is 29.6 Å². The summed E-state index contributed by atoms with van der Waals surface area (Å²) in [5.41, 5.74) is 2.75. The van der Waals surface area contributed by atoms with Gasteiger partial charge in [0.1, 0.15) is 0 Å².